The summed E-state index contributed by atoms with van der Waals surface area (Å²) in [6.07, 6.45) is 6.54. The molecule has 1 aliphatic carbocycles. The molecule has 2 aromatic heterocycles. The van der Waals surface area contributed by atoms with Crippen LogP contribution in [0.25, 0.3) is 11.3 Å². The van der Waals surface area contributed by atoms with Crippen molar-refractivity contribution in [2.45, 2.75) is 91.0 Å². The minimum atomic E-state index is -0.372. The number of carbonyl (C=O) groups is 1. The monoisotopic (exact) mass is 557 g/mol. The summed E-state index contributed by atoms with van der Waals surface area (Å²) in [5.74, 6) is 0.112. The Balaban J connectivity index is 1.65. The SMILES string of the molecule is CCC(C)Nc1nc(-c2cccc(CNC3CCCCC3N)c2)cc(C(=O)NCc2c(C)cc(C)[nH]c2=O)c1C=N. The first-order valence-corrected chi connectivity index (χ1v) is 14.6. The normalized spacial score (nSPS) is 17.6. The second-order valence-corrected chi connectivity index (χ2v) is 11.2. The number of H-pyrrole nitrogens is 1. The molecule has 2 heterocycles. The van der Waals surface area contributed by atoms with Crippen molar-refractivity contribution in [3.8, 4) is 11.3 Å². The number of aromatic amines is 1. The minimum absolute atomic E-state index is 0.0773. The zero-order chi connectivity index (χ0) is 29.5. The van der Waals surface area contributed by atoms with Crippen LogP contribution in [0.1, 0.15) is 84.3 Å². The molecule has 0 spiro atoms. The molecule has 0 aliphatic heterocycles. The van der Waals surface area contributed by atoms with Gasteiger partial charge in [-0.25, -0.2) is 4.98 Å². The van der Waals surface area contributed by atoms with Crippen LogP contribution in [0.4, 0.5) is 5.82 Å². The average molecular weight is 558 g/mol. The van der Waals surface area contributed by atoms with E-state index in [1.807, 2.05) is 39.0 Å². The molecule has 9 heteroatoms. The van der Waals surface area contributed by atoms with E-state index in [1.54, 1.807) is 6.07 Å². The molecule has 0 saturated heterocycles. The molecule has 1 fully saturated rings. The van der Waals surface area contributed by atoms with E-state index in [0.717, 1.165) is 47.9 Å². The van der Waals surface area contributed by atoms with Crippen LogP contribution in [0.15, 0.2) is 41.2 Å². The summed E-state index contributed by atoms with van der Waals surface area (Å²) in [6.45, 7) is 8.56. The number of nitrogens with one attached hydrogen (secondary N) is 5. The summed E-state index contributed by atoms with van der Waals surface area (Å²) < 4.78 is 0. The van der Waals surface area contributed by atoms with Gasteiger partial charge in [-0.15, -0.1) is 0 Å². The van der Waals surface area contributed by atoms with Crippen LogP contribution < -0.4 is 27.2 Å². The van der Waals surface area contributed by atoms with Crippen LogP contribution in [0.5, 0.6) is 0 Å². The number of anilines is 1. The van der Waals surface area contributed by atoms with E-state index in [9.17, 15) is 9.59 Å². The van der Waals surface area contributed by atoms with Gasteiger partial charge in [0.05, 0.1) is 11.3 Å². The number of benzene rings is 1. The first kappa shape index (κ1) is 30.1. The van der Waals surface area contributed by atoms with Gasteiger partial charge in [-0.1, -0.05) is 38.0 Å². The number of amides is 1. The number of carbonyl (C=O) groups excluding carboxylic acids is 1. The summed E-state index contributed by atoms with van der Waals surface area (Å²) in [5, 5.41) is 18.0. The minimum Gasteiger partial charge on any atom is -0.367 e. The van der Waals surface area contributed by atoms with Gasteiger partial charge < -0.3 is 32.1 Å². The average Bonchev–Trinajstić information content (AvgIpc) is 2.95. The first-order chi connectivity index (χ1) is 19.7. The summed E-state index contributed by atoms with van der Waals surface area (Å²) in [5.41, 5.74) is 11.6. The number of aromatic nitrogens is 2. The van der Waals surface area contributed by atoms with Crippen molar-refractivity contribution in [2.24, 2.45) is 5.73 Å². The molecule has 1 amide bonds. The second-order valence-electron chi connectivity index (χ2n) is 11.2. The topological polar surface area (TPSA) is 149 Å². The van der Waals surface area contributed by atoms with Crippen molar-refractivity contribution in [2.75, 3.05) is 5.32 Å². The summed E-state index contributed by atoms with van der Waals surface area (Å²) >= 11 is 0. The predicted octanol–water partition coefficient (Wildman–Crippen LogP) is 4.55. The fourth-order valence-corrected chi connectivity index (χ4v) is 5.35. The summed E-state index contributed by atoms with van der Waals surface area (Å²) in [6, 6.07) is 12.3. The number of nitrogens with two attached hydrogens (primary N) is 1. The molecule has 0 radical (unpaired) electrons. The molecule has 41 heavy (non-hydrogen) atoms. The Morgan fingerprint density at radius 1 is 1.20 bits per heavy atom. The van der Waals surface area contributed by atoms with E-state index in [2.05, 4.69) is 40.0 Å². The third-order valence-electron chi connectivity index (χ3n) is 7.97. The fourth-order valence-electron chi connectivity index (χ4n) is 5.35. The van der Waals surface area contributed by atoms with Crippen LogP contribution in [-0.2, 0) is 13.1 Å². The van der Waals surface area contributed by atoms with Crippen LogP contribution >= 0.6 is 0 Å². The first-order valence-electron chi connectivity index (χ1n) is 14.6. The molecule has 3 atom stereocenters. The van der Waals surface area contributed by atoms with Gasteiger partial charge in [0.1, 0.15) is 5.82 Å². The fraction of sp³-hybridized carbons (Fsp3) is 0.438. The van der Waals surface area contributed by atoms with Gasteiger partial charge in [0, 0.05) is 59.8 Å². The van der Waals surface area contributed by atoms with E-state index in [1.165, 1.54) is 12.8 Å². The lowest BCUT2D eigenvalue weighted by Gasteiger charge is -2.29. The van der Waals surface area contributed by atoms with Gasteiger partial charge in [0.25, 0.3) is 11.5 Å². The highest BCUT2D eigenvalue weighted by molar-refractivity contribution is 6.05. The number of aryl methyl sites for hydroxylation is 2. The zero-order valence-corrected chi connectivity index (χ0v) is 24.6. The Bertz CT molecular complexity index is 1450. The largest absolute Gasteiger partial charge is 0.367 e. The van der Waals surface area contributed by atoms with Crippen molar-refractivity contribution in [3.63, 3.8) is 0 Å². The van der Waals surface area contributed by atoms with Crippen molar-refractivity contribution in [1.29, 1.82) is 5.41 Å². The van der Waals surface area contributed by atoms with Crippen LogP contribution in [-0.4, -0.2) is 40.2 Å². The Labute approximate surface area is 242 Å². The van der Waals surface area contributed by atoms with E-state index in [4.69, 9.17) is 16.1 Å². The van der Waals surface area contributed by atoms with Gasteiger partial charge >= 0.3 is 0 Å². The number of pyridine rings is 2. The third-order valence-corrected chi connectivity index (χ3v) is 7.97. The molecule has 0 bridgehead atoms. The summed E-state index contributed by atoms with van der Waals surface area (Å²) in [7, 11) is 0. The van der Waals surface area contributed by atoms with Crippen molar-refractivity contribution >= 4 is 17.9 Å². The second kappa shape index (κ2) is 13.7. The van der Waals surface area contributed by atoms with Crippen molar-refractivity contribution in [1.82, 2.24) is 20.6 Å². The molecule has 3 aromatic rings. The molecule has 7 N–H and O–H groups in total. The smallest absolute Gasteiger partial charge is 0.253 e. The molecule has 3 unspecified atom stereocenters. The highest BCUT2D eigenvalue weighted by atomic mass is 16.1. The Kier molecular flexibility index (Phi) is 10.1. The lowest BCUT2D eigenvalue weighted by molar-refractivity contribution is 0.0950. The summed E-state index contributed by atoms with van der Waals surface area (Å²) in [4.78, 5) is 33.7. The van der Waals surface area contributed by atoms with Crippen molar-refractivity contribution in [3.05, 3.63) is 80.3 Å². The molecular weight excluding hydrogens is 514 g/mol. The lowest BCUT2D eigenvalue weighted by atomic mass is 9.91. The zero-order valence-electron chi connectivity index (χ0n) is 24.6. The highest BCUT2D eigenvalue weighted by Crippen LogP contribution is 2.27. The van der Waals surface area contributed by atoms with Gasteiger partial charge in [-0.3, -0.25) is 9.59 Å². The van der Waals surface area contributed by atoms with E-state index in [-0.39, 0.29) is 30.1 Å². The third kappa shape index (κ3) is 7.48. The number of nitrogens with zero attached hydrogens (tertiary/aromatic N) is 1. The lowest BCUT2D eigenvalue weighted by Crippen LogP contribution is -2.46. The molecule has 4 rings (SSSR count). The predicted molar refractivity (Wildman–Crippen MR) is 166 cm³/mol. The molecule has 9 nitrogen and oxygen atoms in total. The molecule has 1 aliphatic rings. The standard InChI is InChI=1S/C32H43N7O2/c1-5-20(3)37-30-25(16-33)24(31(40)36-18-26-19(2)13-21(4)38-32(26)41)15-29(39-30)23-10-8-9-22(14-23)17-35-28-12-7-6-11-27(28)34/h8-10,13-16,20,27-28,33,35H,5-7,11-12,17-18,34H2,1-4H3,(H,36,40)(H,37,39)(H,38,41). The maximum absolute atomic E-state index is 13.5. The Hall–Kier alpha value is -3.82. The number of hydrogen-bond donors (Lipinski definition) is 6. The van der Waals surface area contributed by atoms with Gasteiger partial charge in [0.2, 0.25) is 0 Å². The van der Waals surface area contributed by atoms with Crippen LogP contribution in [0, 0.1) is 19.3 Å². The Morgan fingerprint density at radius 2 is 1.98 bits per heavy atom. The maximum atomic E-state index is 13.5. The highest BCUT2D eigenvalue weighted by Gasteiger charge is 2.22. The van der Waals surface area contributed by atoms with Gasteiger partial charge in [-0.05, 0) is 69.4 Å². The molecule has 1 aromatic carbocycles. The van der Waals surface area contributed by atoms with Crippen LogP contribution in [0.3, 0.4) is 0 Å². The Morgan fingerprint density at radius 3 is 2.68 bits per heavy atom. The van der Waals surface area contributed by atoms with Gasteiger partial charge in [0.15, 0.2) is 0 Å². The van der Waals surface area contributed by atoms with Gasteiger partial charge in [-0.2, -0.15) is 0 Å². The maximum Gasteiger partial charge on any atom is 0.253 e. The van der Waals surface area contributed by atoms with Crippen molar-refractivity contribution < 1.29 is 4.79 Å². The number of hydrogen-bond acceptors (Lipinski definition) is 7. The number of rotatable bonds is 11. The van der Waals surface area contributed by atoms with E-state index >= 15 is 0 Å². The van der Waals surface area contributed by atoms with E-state index in [0.29, 0.717) is 40.8 Å². The molecule has 218 valence electrons. The van der Waals surface area contributed by atoms with E-state index < -0.39 is 0 Å². The molecule has 1 saturated carbocycles. The molecular formula is C32H43N7O2. The van der Waals surface area contributed by atoms with Crippen LogP contribution in [0.2, 0.25) is 0 Å². The quantitative estimate of drug-likeness (QED) is 0.191.